The highest BCUT2D eigenvalue weighted by Gasteiger charge is 2.38. The van der Waals surface area contributed by atoms with Gasteiger partial charge in [-0.05, 0) is 52.6 Å². The molecule has 0 aliphatic carbocycles. The van der Waals surface area contributed by atoms with Crippen LogP contribution in [0, 0.1) is 0 Å². The molecule has 1 amide bonds. The van der Waals surface area contributed by atoms with Crippen molar-refractivity contribution < 1.29 is 23.8 Å². The van der Waals surface area contributed by atoms with Gasteiger partial charge in [0.15, 0.2) is 6.61 Å². The molecule has 5 aromatic carbocycles. The topological polar surface area (TPSA) is 73.9 Å². The molecule has 0 spiro atoms. The number of ether oxygens (including phenoxy) is 3. The largest absolute Gasteiger partial charge is 0.484 e. The molecule has 0 saturated carbocycles. The summed E-state index contributed by atoms with van der Waals surface area (Å²) in [6.45, 7) is 1.65. The van der Waals surface area contributed by atoms with Crippen molar-refractivity contribution in [1.82, 2.24) is 5.32 Å². The highest BCUT2D eigenvalue weighted by Crippen LogP contribution is 2.46. The molecule has 5 aromatic rings. The maximum atomic E-state index is 13.5. The first kappa shape index (κ1) is 26.8. The second-order valence-corrected chi connectivity index (χ2v) is 9.83. The fourth-order valence-corrected chi connectivity index (χ4v) is 5.28. The lowest BCUT2D eigenvalue weighted by molar-refractivity contribution is -0.139. The van der Waals surface area contributed by atoms with E-state index in [0.717, 1.165) is 33.0 Å². The Morgan fingerprint density at radius 3 is 2.17 bits per heavy atom. The van der Waals surface area contributed by atoms with Crippen molar-refractivity contribution in [2.75, 3.05) is 13.2 Å². The van der Waals surface area contributed by atoms with Crippen molar-refractivity contribution in [2.45, 2.75) is 12.8 Å². The minimum absolute atomic E-state index is 0.0399. The third kappa shape index (κ3) is 5.47. The van der Waals surface area contributed by atoms with Gasteiger partial charge in [0.2, 0.25) is 5.88 Å². The van der Waals surface area contributed by atoms with Gasteiger partial charge in [0.1, 0.15) is 17.1 Å². The Bertz CT molecular complexity index is 1760. The Hall–Kier alpha value is -5.36. The highest BCUT2D eigenvalue weighted by molar-refractivity contribution is 5.98. The summed E-state index contributed by atoms with van der Waals surface area (Å²) in [7, 11) is 0. The van der Waals surface area contributed by atoms with E-state index < -0.39 is 17.8 Å². The molecule has 6 rings (SSSR count). The molecule has 0 radical (unpaired) electrons. The first-order valence-corrected chi connectivity index (χ1v) is 13.9. The van der Waals surface area contributed by atoms with E-state index in [9.17, 15) is 9.59 Å². The number of nitrogens with one attached hydrogen (secondary N) is 1. The number of benzene rings is 5. The lowest BCUT2D eigenvalue weighted by atomic mass is 9.80. The highest BCUT2D eigenvalue weighted by atomic mass is 16.5. The number of rotatable bonds is 8. The summed E-state index contributed by atoms with van der Waals surface area (Å²) in [6, 6.07) is 39.0. The van der Waals surface area contributed by atoms with Crippen LogP contribution in [0.25, 0.3) is 21.9 Å². The van der Waals surface area contributed by atoms with Gasteiger partial charge >= 0.3 is 5.97 Å². The molecule has 0 saturated heterocycles. The summed E-state index contributed by atoms with van der Waals surface area (Å²) in [4.78, 5) is 26.7. The average molecular weight is 556 g/mol. The van der Waals surface area contributed by atoms with E-state index in [4.69, 9.17) is 14.2 Å². The van der Waals surface area contributed by atoms with Crippen LogP contribution >= 0.6 is 0 Å². The van der Waals surface area contributed by atoms with Crippen LogP contribution < -0.4 is 14.8 Å². The van der Waals surface area contributed by atoms with Gasteiger partial charge in [-0.3, -0.25) is 10.1 Å². The number of amides is 1. The zero-order valence-electron chi connectivity index (χ0n) is 23.1. The second kappa shape index (κ2) is 12.0. The Kier molecular flexibility index (Phi) is 7.68. The predicted octanol–water partition coefficient (Wildman–Crippen LogP) is 7.00. The molecule has 1 atom stereocenters. The Morgan fingerprint density at radius 1 is 0.762 bits per heavy atom. The van der Waals surface area contributed by atoms with Crippen LogP contribution in [0.5, 0.6) is 11.5 Å². The van der Waals surface area contributed by atoms with Gasteiger partial charge in [-0.2, -0.15) is 0 Å². The number of carbonyl (C=O) groups excluding carboxylic acids is 2. The van der Waals surface area contributed by atoms with Gasteiger partial charge in [0, 0.05) is 5.56 Å². The van der Waals surface area contributed by atoms with Gasteiger partial charge in [-0.15, -0.1) is 0 Å². The van der Waals surface area contributed by atoms with Gasteiger partial charge < -0.3 is 14.2 Å². The van der Waals surface area contributed by atoms with E-state index in [1.165, 1.54) is 0 Å². The van der Waals surface area contributed by atoms with Crippen molar-refractivity contribution in [2.24, 2.45) is 0 Å². The first-order chi connectivity index (χ1) is 20.6. The number of hydrogen-bond donors (Lipinski definition) is 1. The summed E-state index contributed by atoms with van der Waals surface area (Å²) in [6.07, 6.45) is 0. The Labute approximate surface area is 244 Å². The molecular formula is C36H29NO5. The SMILES string of the molecule is CCOC(=O)C1=C(NC(=O)COc2ccc(-c3ccccc3)cc2)Oc2ccc3ccccc3c2C1c1ccccc1. The van der Waals surface area contributed by atoms with Crippen molar-refractivity contribution in [3.05, 3.63) is 144 Å². The summed E-state index contributed by atoms with van der Waals surface area (Å²) < 4.78 is 17.5. The maximum Gasteiger partial charge on any atom is 0.340 e. The molecule has 1 heterocycles. The summed E-state index contributed by atoms with van der Waals surface area (Å²) >= 11 is 0. The van der Waals surface area contributed by atoms with E-state index in [1.54, 1.807) is 6.92 Å². The van der Waals surface area contributed by atoms with Crippen LogP contribution in [0.3, 0.4) is 0 Å². The summed E-state index contributed by atoms with van der Waals surface area (Å²) in [5, 5.41) is 4.77. The van der Waals surface area contributed by atoms with Crippen molar-refractivity contribution in [1.29, 1.82) is 0 Å². The standard InChI is InChI=1S/C36H29NO5/c1-2-40-36(39)34-32(27-14-7-4-8-15-27)33-29-16-10-9-13-26(29)19-22-30(33)42-35(34)37-31(38)23-41-28-20-17-25(18-21-28)24-11-5-3-6-12-24/h3-22,32H,2,23H2,1H3,(H,37,38). The van der Waals surface area contributed by atoms with Crippen molar-refractivity contribution in [3.8, 4) is 22.6 Å². The molecule has 208 valence electrons. The molecule has 6 nitrogen and oxygen atoms in total. The smallest absolute Gasteiger partial charge is 0.340 e. The molecule has 42 heavy (non-hydrogen) atoms. The molecule has 0 aromatic heterocycles. The quantitative estimate of drug-likeness (QED) is 0.209. The minimum Gasteiger partial charge on any atom is -0.484 e. The molecule has 1 N–H and O–H groups in total. The third-order valence-corrected chi connectivity index (χ3v) is 7.18. The van der Waals surface area contributed by atoms with Crippen LogP contribution in [0.1, 0.15) is 24.0 Å². The van der Waals surface area contributed by atoms with E-state index in [2.05, 4.69) is 5.32 Å². The fraction of sp³-hybridized carbons (Fsp3) is 0.111. The van der Waals surface area contributed by atoms with Crippen molar-refractivity contribution >= 4 is 22.6 Å². The molecule has 0 fully saturated rings. The first-order valence-electron chi connectivity index (χ1n) is 13.9. The molecular weight excluding hydrogens is 526 g/mol. The minimum atomic E-state index is -0.558. The fourth-order valence-electron chi connectivity index (χ4n) is 5.28. The maximum absolute atomic E-state index is 13.5. The van der Waals surface area contributed by atoms with Gasteiger partial charge in [-0.1, -0.05) is 103 Å². The Balaban J connectivity index is 1.31. The number of esters is 1. The normalized spacial score (nSPS) is 14.1. The van der Waals surface area contributed by atoms with Crippen LogP contribution in [0.15, 0.2) is 133 Å². The predicted molar refractivity (Wildman–Crippen MR) is 162 cm³/mol. The van der Waals surface area contributed by atoms with Gasteiger partial charge in [0.05, 0.1) is 12.5 Å². The molecule has 1 aliphatic heterocycles. The van der Waals surface area contributed by atoms with E-state index in [-0.39, 0.29) is 24.7 Å². The lowest BCUT2D eigenvalue weighted by Gasteiger charge is -2.31. The summed E-state index contributed by atoms with van der Waals surface area (Å²) in [5.74, 6) is -0.399. The van der Waals surface area contributed by atoms with Crippen LogP contribution in [0.4, 0.5) is 0 Å². The van der Waals surface area contributed by atoms with E-state index >= 15 is 0 Å². The van der Waals surface area contributed by atoms with Crippen molar-refractivity contribution in [3.63, 3.8) is 0 Å². The number of hydrogen-bond acceptors (Lipinski definition) is 5. The van der Waals surface area contributed by atoms with Crippen LogP contribution in [-0.2, 0) is 14.3 Å². The monoisotopic (exact) mass is 555 g/mol. The molecule has 1 unspecified atom stereocenters. The van der Waals surface area contributed by atoms with E-state index in [0.29, 0.717) is 11.5 Å². The molecule has 0 bridgehead atoms. The number of fused-ring (bicyclic) bond motifs is 3. The van der Waals surface area contributed by atoms with Gasteiger partial charge in [-0.25, -0.2) is 4.79 Å². The van der Waals surface area contributed by atoms with Crippen LogP contribution in [0.2, 0.25) is 0 Å². The van der Waals surface area contributed by atoms with Gasteiger partial charge in [0.25, 0.3) is 5.91 Å². The molecule has 1 aliphatic rings. The zero-order valence-corrected chi connectivity index (χ0v) is 23.1. The second-order valence-electron chi connectivity index (χ2n) is 9.83. The third-order valence-electron chi connectivity index (χ3n) is 7.18. The average Bonchev–Trinajstić information content (AvgIpc) is 3.04. The number of carbonyl (C=O) groups is 2. The Morgan fingerprint density at radius 2 is 1.43 bits per heavy atom. The van der Waals surface area contributed by atoms with Crippen LogP contribution in [-0.4, -0.2) is 25.1 Å². The lowest BCUT2D eigenvalue weighted by Crippen LogP contribution is -2.36. The van der Waals surface area contributed by atoms with E-state index in [1.807, 2.05) is 121 Å². The molecule has 6 heteroatoms. The zero-order chi connectivity index (χ0) is 28.9. The summed E-state index contributed by atoms with van der Waals surface area (Å²) in [5.41, 5.74) is 4.09.